The zero-order valence-electron chi connectivity index (χ0n) is 22.6. The van der Waals surface area contributed by atoms with Crippen LogP contribution in [-0.4, -0.2) is 72.5 Å². The first-order valence-corrected chi connectivity index (χ1v) is 13.5. The Hall–Kier alpha value is -3.46. The number of nitrogens with one attached hydrogen (secondary N) is 1. The van der Waals surface area contributed by atoms with Gasteiger partial charge >= 0.3 is 0 Å². The summed E-state index contributed by atoms with van der Waals surface area (Å²) in [4.78, 5) is 35.1. The fourth-order valence-electron chi connectivity index (χ4n) is 4.21. The van der Waals surface area contributed by atoms with Gasteiger partial charge in [0, 0.05) is 37.4 Å². The van der Waals surface area contributed by atoms with Gasteiger partial charge in [-0.1, -0.05) is 49.7 Å². The van der Waals surface area contributed by atoms with Gasteiger partial charge < -0.3 is 24.6 Å². The highest BCUT2D eigenvalue weighted by Crippen LogP contribution is 2.24. The average Bonchev–Trinajstić information content (AvgIpc) is 2.94. The highest BCUT2D eigenvalue weighted by molar-refractivity contribution is 6.30. The Morgan fingerprint density at radius 3 is 2.36 bits per heavy atom. The van der Waals surface area contributed by atoms with Crippen molar-refractivity contribution in [2.24, 2.45) is 0 Å². The molecule has 206 valence electrons. The third kappa shape index (κ3) is 8.02. The molecule has 1 aliphatic rings. The topological polar surface area (TPSA) is 84.0 Å². The van der Waals surface area contributed by atoms with Crippen LogP contribution in [0.15, 0.2) is 66.9 Å². The Balaban J connectivity index is 1.46. The van der Waals surface area contributed by atoms with Gasteiger partial charge in [-0.15, -0.1) is 0 Å². The monoisotopic (exact) mass is 550 g/mol. The van der Waals surface area contributed by atoms with Crippen molar-refractivity contribution in [3.63, 3.8) is 0 Å². The van der Waals surface area contributed by atoms with Crippen molar-refractivity contribution in [3.05, 3.63) is 88.6 Å². The minimum atomic E-state index is -0.862. The van der Waals surface area contributed by atoms with E-state index in [1.54, 1.807) is 47.5 Å². The van der Waals surface area contributed by atoms with Gasteiger partial charge in [0.05, 0.1) is 13.2 Å². The molecule has 1 N–H and O–H groups in total. The number of pyridine rings is 1. The van der Waals surface area contributed by atoms with Crippen LogP contribution in [0.25, 0.3) is 0 Å². The Morgan fingerprint density at radius 2 is 1.69 bits per heavy atom. The molecule has 0 aliphatic carbocycles. The lowest BCUT2D eigenvalue weighted by Crippen LogP contribution is -2.55. The lowest BCUT2D eigenvalue weighted by atomic mass is 10.0. The molecule has 1 atom stereocenters. The molecule has 1 fully saturated rings. The summed E-state index contributed by atoms with van der Waals surface area (Å²) in [7, 11) is 2.03. The molecule has 4 rings (SSSR count). The zero-order valence-corrected chi connectivity index (χ0v) is 23.4. The number of aromatic nitrogens is 1. The van der Waals surface area contributed by atoms with E-state index in [4.69, 9.17) is 21.1 Å². The predicted molar refractivity (Wildman–Crippen MR) is 151 cm³/mol. The Kier molecular flexibility index (Phi) is 9.92. The Morgan fingerprint density at radius 1 is 1.00 bits per heavy atom. The number of carbonyl (C=O) groups excluding carboxylic acids is 2. The maximum absolute atomic E-state index is 13.5. The van der Waals surface area contributed by atoms with Gasteiger partial charge in [0.15, 0.2) is 0 Å². The van der Waals surface area contributed by atoms with Crippen LogP contribution < -0.4 is 10.1 Å². The van der Waals surface area contributed by atoms with Gasteiger partial charge in [-0.25, -0.2) is 4.98 Å². The van der Waals surface area contributed by atoms with E-state index >= 15 is 0 Å². The number of nitrogens with zero attached hydrogens (tertiary/aromatic N) is 3. The summed E-state index contributed by atoms with van der Waals surface area (Å²) < 4.78 is 11.8. The molecule has 2 aromatic carbocycles. The summed E-state index contributed by atoms with van der Waals surface area (Å²) >= 11 is 5.97. The molecule has 0 radical (unpaired) electrons. The van der Waals surface area contributed by atoms with Crippen LogP contribution in [0.5, 0.6) is 11.6 Å². The van der Waals surface area contributed by atoms with Crippen molar-refractivity contribution < 1.29 is 19.1 Å². The van der Waals surface area contributed by atoms with E-state index < -0.39 is 11.9 Å². The fraction of sp³-hybridized carbons (Fsp3) is 0.367. The molecule has 9 heteroatoms. The van der Waals surface area contributed by atoms with Crippen LogP contribution in [0.4, 0.5) is 0 Å². The largest absolute Gasteiger partial charge is 0.438 e. The quantitative estimate of drug-likeness (QED) is 0.392. The van der Waals surface area contributed by atoms with Gasteiger partial charge in [-0.05, 0) is 60.5 Å². The van der Waals surface area contributed by atoms with Crippen molar-refractivity contribution in [2.75, 3.05) is 39.8 Å². The van der Waals surface area contributed by atoms with Crippen LogP contribution in [0, 0.1) is 0 Å². The Bertz CT molecular complexity index is 1240. The molecule has 0 bridgehead atoms. The number of halogens is 1. The standard InChI is InChI=1S/C30H35ClN4O4/c1-21(2)23-8-6-22(7-9-23)19-38-20-27(30(37)35-17-15-34(3)16-18-35)33-28(36)26-5-4-14-32-29(26)39-25-12-10-24(31)11-13-25/h4-14,21,27H,15-20H2,1-3H3,(H,33,36). The van der Waals surface area contributed by atoms with E-state index in [1.807, 2.05) is 19.2 Å². The third-order valence-corrected chi connectivity index (χ3v) is 6.91. The molecule has 1 aromatic heterocycles. The normalized spacial score (nSPS) is 14.7. The molecule has 1 saturated heterocycles. The van der Waals surface area contributed by atoms with Crippen LogP contribution >= 0.6 is 11.6 Å². The molecule has 8 nitrogen and oxygen atoms in total. The maximum atomic E-state index is 13.5. The third-order valence-electron chi connectivity index (χ3n) is 6.66. The highest BCUT2D eigenvalue weighted by atomic mass is 35.5. The van der Waals surface area contributed by atoms with E-state index in [1.165, 1.54) is 5.56 Å². The molecular formula is C30H35ClN4O4. The SMILES string of the molecule is CC(C)c1ccc(COCC(NC(=O)c2cccnc2Oc2ccc(Cl)cc2)C(=O)N2CCN(C)CC2)cc1. The summed E-state index contributed by atoms with van der Waals surface area (Å²) in [5, 5.41) is 3.45. The molecular weight excluding hydrogens is 516 g/mol. The van der Waals surface area contributed by atoms with Crippen LogP contribution in [0.1, 0.15) is 41.3 Å². The number of ether oxygens (including phenoxy) is 2. The lowest BCUT2D eigenvalue weighted by Gasteiger charge is -2.34. The van der Waals surface area contributed by atoms with Crippen molar-refractivity contribution in [1.29, 1.82) is 0 Å². The molecule has 39 heavy (non-hydrogen) atoms. The van der Waals surface area contributed by atoms with E-state index in [9.17, 15) is 9.59 Å². The summed E-state index contributed by atoms with van der Waals surface area (Å²) in [5.41, 5.74) is 2.47. The van der Waals surface area contributed by atoms with E-state index in [2.05, 4.69) is 41.2 Å². The second-order valence-corrected chi connectivity index (χ2v) is 10.4. The first kappa shape index (κ1) is 28.5. The smallest absolute Gasteiger partial charge is 0.257 e. The predicted octanol–water partition coefficient (Wildman–Crippen LogP) is 4.74. The van der Waals surface area contributed by atoms with Crippen molar-refractivity contribution in [1.82, 2.24) is 20.1 Å². The molecule has 2 amide bonds. The molecule has 2 heterocycles. The van der Waals surface area contributed by atoms with Crippen LogP contribution in [0.3, 0.4) is 0 Å². The van der Waals surface area contributed by atoms with Crippen LogP contribution in [0.2, 0.25) is 5.02 Å². The minimum absolute atomic E-state index is 0.0382. The summed E-state index contributed by atoms with van der Waals surface area (Å²) in [5.74, 6) is 0.431. The number of benzene rings is 2. The summed E-state index contributed by atoms with van der Waals surface area (Å²) in [6.45, 7) is 7.41. The first-order valence-electron chi connectivity index (χ1n) is 13.1. The zero-order chi connectivity index (χ0) is 27.8. The number of hydrogen-bond acceptors (Lipinski definition) is 6. The second kappa shape index (κ2) is 13.6. The van der Waals surface area contributed by atoms with E-state index in [0.29, 0.717) is 36.4 Å². The molecule has 1 unspecified atom stereocenters. The van der Waals surface area contributed by atoms with Gasteiger partial charge in [-0.2, -0.15) is 0 Å². The average molecular weight is 551 g/mol. The maximum Gasteiger partial charge on any atom is 0.257 e. The highest BCUT2D eigenvalue weighted by Gasteiger charge is 2.29. The number of likely N-dealkylation sites (N-methyl/N-ethyl adjacent to an activating group) is 1. The Labute approximate surface area is 234 Å². The number of carbonyl (C=O) groups is 2. The number of hydrogen-bond donors (Lipinski definition) is 1. The molecule has 3 aromatic rings. The van der Waals surface area contributed by atoms with Gasteiger partial charge in [0.1, 0.15) is 17.4 Å². The van der Waals surface area contributed by atoms with Crippen molar-refractivity contribution in [2.45, 2.75) is 32.4 Å². The van der Waals surface area contributed by atoms with Crippen molar-refractivity contribution >= 4 is 23.4 Å². The molecule has 1 aliphatic heterocycles. The minimum Gasteiger partial charge on any atom is -0.438 e. The second-order valence-electron chi connectivity index (χ2n) is 9.98. The first-order chi connectivity index (χ1) is 18.8. The molecule has 0 saturated carbocycles. The number of rotatable bonds is 10. The van der Waals surface area contributed by atoms with E-state index in [-0.39, 0.29) is 24.0 Å². The summed E-state index contributed by atoms with van der Waals surface area (Å²) in [6.07, 6.45) is 1.54. The lowest BCUT2D eigenvalue weighted by molar-refractivity contribution is -0.136. The van der Waals surface area contributed by atoms with Crippen molar-refractivity contribution in [3.8, 4) is 11.6 Å². The van der Waals surface area contributed by atoms with Crippen LogP contribution in [-0.2, 0) is 16.1 Å². The fourth-order valence-corrected chi connectivity index (χ4v) is 4.34. The van der Waals surface area contributed by atoms with Gasteiger partial charge in [0.25, 0.3) is 5.91 Å². The van der Waals surface area contributed by atoms with E-state index in [0.717, 1.165) is 18.7 Å². The molecule has 0 spiro atoms. The number of amides is 2. The van der Waals surface area contributed by atoms with Gasteiger partial charge in [-0.3, -0.25) is 9.59 Å². The van der Waals surface area contributed by atoms with Gasteiger partial charge in [0.2, 0.25) is 11.8 Å². The number of piperazine rings is 1. The summed E-state index contributed by atoms with van der Waals surface area (Å²) in [6, 6.07) is 17.4.